The van der Waals surface area contributed by atoms with Crippen molar-refractivity contribution in [2.24, 2.45) is 5.92 Å². The first-order chi connectivity index (χ1) is 8.08. The summed E-state index contributed by atoms with van der Waals surface area (Å²) in [6, 6.07) is 1.87. The fraction of sp³-hybridized carbons (Fsp3) is 0.583. The second-order valence-corrected chi connectivity index (χ2v) is 6.80. The van der Waals surface area contributed by atoms with Gasteiger partial charge in [0.1, 0.15) is 0 Å². The number of halogens is 1. The first kappa shape index (κ1) is 13.1. The van der Waals surface area contributed by atoms with Gasteiger partial charge in [-0.3, -0.25) is 4.79 Å². The van der Waals surface area contributed by atoms with E-state index in [1.165, 1.54) is 11.3 Å². The second kappa shape index (κ2) is 5.50. The fourth-order valence-corrected chi connectivity index (χ4v) is 3.32. The van der Waals surface area contributed by atoms with Crippen molar-refractivity contribution in [3.05, 3.63) is 20.8 Å². The molecule has 1 aliphatic rings. The van der Waals surface area contributed by atoms with Crippen LogP contribution in [-0.4, -0.2) is 35.1 Å². The molecule has 5 heteroatoms. The van der Waals surface area contributed by atoms with E-state index in [1.54, 1.807) is 0 Å². The third-order valence-electron chi connectivity index (χ3n) is 3.32. The zero-order valence-corrected chi connectivity index (χ0v) is 12.1. The minimum absolute atomic E-state index is 0.107. The number of aliphatic hydroxyl groups is 1. The maximum Gasteiger partial charge on any atom is 0.254 e. The molecule has 1 N–H and O–H groups in total. The molecule has 17 heavy (non-hydrogen) atoms. The molecule has 0 aromatic carbocycles. The highest BCUT2D eigenvalue weighted by molar-refractivity contribution is 9.11. The Hall–Kier alpha value is -0.390. The zero-order chi connectivity index (χ0) is 12.4. The smallest absolute Gasteiger partial charge is 0.254 e. The Labute approximate surface area is 114 Å². The van der Waals surface area contributed by atoms with Crippen molar-refractivity contribution in [1.29, 1.82) is 0 Å². The molecule has 1 aromatic rings. The minimum atomic E-state index is -0.262. The molecule has 0 spiro atoms. The van der Waals surface area contributed by atoms with Crippen molar-refractivity contribution >= 4 is 33.2 Å². The second-order valence-electron chi connectivity index (χ2n) is 4.51. The Morgan fingerprint density at radius 2 is 2.24 bits per heavy atom. The fourth-order valence-electron chi connectivity index (χ4n) is 2.19. The molecule has 1 amide bonds. The summed E-state index contributed by atoms with van der Waals surface area (Å²) in [5.74, 6) is 0.448. The van der Waals surface area contributed by atoms with Crippen LogP contribution in [0.3, 0.4) is 0 Å². The molecule has 1 saturated heterocycles. The van der Waals surface area contributed by atoms with Crippen molar-refractivity contribution in [2.75, 3.05) is 13.1 Å². The summed E-state index contributed by atoms with van der Waals surface area (Å²) in [5, 5.41) is 11.4. The van der Waals surface area contributed by atoms with E-state index in [2.05, 4.69) is 15.9 Å². The molecule has 3 nitrogen and oxygen atoms in total. The molecule has 94 valence electrons. The number of carbonyl (C=O) groups is 1. The monoisotopic (exact) mass is 317 g/mol. The van der Waals surface area contributed by atoms with Gasteiger partial charge in [-0.1, -0.05) is 0 Å². The van der Waals surface area contributed by atoms with E-state index >= 15 is 0 Å². The molecule has 1 atom stereocenters. The Bertz CT molecular complexity index is 397. The average Bonchev–Trinajstić information content (AvgIpc) is 2.75. The number of rotatable bonds is 2. The van der Waals surface area contributed by atoms with Gasteiger partial charge in [0.25, 0.3) is 5.91 Å². The minimum Gasteiger partial charge on any atom is -0.393 e. The number of thiophene rings is 1. The van der Waals surface area contributed by atoms with Crippen LogP contribution < -0.4 is 0 Å². The predicted octanol–water partition coefficient (Wildman–Crippen LogP) is 2.74. The summed E-state index contributed by atoms with van der Waals surface area (Å²) >= 11 is 4.90. The van der Waals surface area contributed by atoms with Crippen molar-refractivity contribution in [3.8, 4) is 0 Å². The highest BCUT2D eigenvalue weighted by atomic mass is 79.9. The Kier molecular flexibility index (Phi) is 4.22. The van der Waals surface area contributed by atoms with E-state index < -0.39 is 0 Å². The van der Waals surface area contributed by atoms with E-state index in [1.807, 2.05) is 23.3 Å². The molecule has 0 radical (unpaired) electrons. The summed E-state index contributed by atoms with van der Waals surface area (Å²) in [4.78, 5) is 14.0. The lowest BCUT2D eigenvalue weighted by Crippen LogP contribution is -2.40. The Morgan fingerprint density at radius 3 is 2.71 bits per heavy atom. The van der Waals surface area contributed by atoms with Crippen LogP contribution in [0, 0.1) is 5.92 Å². The molecule has 0 aliphatic carbocycles. The maximum atomic E-state index is 12.1. The third-order valence-corrected chi connectivity index (χ3v) is 4.83. The summed E-state index contributed by atoms with van der Waals surface area (Å²) in [5.41, 5.74) is 0.761. The van der Waals surface area contributed by atoms with Gasteiger partial charge in [-0.2, -0.15) is 0 Å². The SMILES string of the molecule is CC(O)C1CCN(C(=O)c2csc(Br)c2)CC1. The summed E-state index contributed by atoms with van der Waals surface area (Å²) in [7, 11) is 0. The molecule has 1 aliphatic heterocycles. The average molecular weight is 318 g/mol. The van der Waals surface area contributed by atoms with Crippen LogP contribution in [-0.2, 0) is 0 Å². The molecule has 2 heterocycles. The normalized spacial score (nSPS) is 19.4. The van der Waals surface area contributed by atoms with Crippen molar-refractivity contribution in [1.82, 2.24) is 4.90 Å². The quantitative estimate of drug-likeness (QED) is 0.911. The van der Waals surface area contributed by atoms with E-state index in [-0.39, 0.29) is 12.0 Å². The molecule has 0 saturated carbocycles. The van der Waals surface area contributed by atoms with Gasteiger partial charge in [0, 0.05) is 18.5 Å². The van der Waals surface area contributed by atoms with E-state index in [0.717, 1.165) is 35.3 Å². The van der Waals surface area contributed by atoms with Gasteiger partial charge < -0.3 is 10.0 Å². The van der Waals surface area contributed by atoms with Crippen LogP contribution in [0.15, 0.2) is 15.2 Å². The number of carbonyl (C=O) groups excluding carboxylic acids is 1. The largest absolute Gasteiger partial charge is 0.393 e. The highest BCUT2D eigenvalue weighted by Gasteiger charge is 2.26. The van der Waals surface area contributed by atoms with Crippen molar-refractivity contribution in [3.63, 3.8) is 0 Å². The summed E-state index contributed by atoms with van der Waals surface area (Å²) < 4.78 is 0.986. The predicted molar refractivity (Wildman–Crippen MR) is 72.3 cm³/mol. The van der Waals surface area contributed by atoms with Crippen LogP contribution in [0.5, 0.6) is 0 Å². The molecule has 1 fully saturated rings. The number of hydrogen-bond donors (Lipinski definition) is 1. The zero-order valence-electron chi connectivity index (χ0n) is 9.73. The van der Waals surface area contributed by atoms with Crippen LogP contribution in [0.4, 0.5) is 0 Å². The van der Waals surface area contributed by atoms with Crippen molar-refractivity contribution < 1.29 is 9.90 Å². The highest BCUT2D eigenvalue weighted by Crippen LogP contribution is 2.25. The lowest BCUT2D eigenvalue weighted by Gasteiger charge is -2.33. The molecule has 2 rings (SSSR count). The lowest BCUT2D eigenvalue weighted by molar-refractivity contribution is 0.0522. The van der Waals surface area contributed by atoms with Crippen LogP contribution in [0.2, 0.25) is 0 Å². The van der Waals surface area contributed by atoms with Gasteiger partial charge in [0.15, 0.2) is 0 Å². The first-order valence-corrected chi connectivity index (χ1v) is 7.46. The lowest BCUT2D eigenvalue weighted by atomic mass is 9.92. The molecular weight excluding hydrogens is 302 g/mol. The number of amides is 1. The maximum absolute atomic E-state index is 12.1. The molecule has 0 bridgehead atoms. The third kappa shape index (κ3) is 3.09. The number of piperidine rings is 1. The van der Waals surface area contributed by atoms with E-state index in [9.17, 15) is 9.90 Å². The van der Waals surface area contributed by atoms with Gasteiger partial charge in [-0.25, -0.2) is 0 Å². The van der Waals surface area contributed by atoms with E-state index in [4.69, 9.17) is 0 Å². The summed E-state index contributed by atoms with van der Waals surface area (Å²) in [6.07, 6.45) is 1.53. The Morgan fingerprint density at radius 1 is 1.59 bits per heavy atom. The van der Waals surface area contributed by atoms with Crippen molar-refractivity contribution in [2.45, 2.75) is 25.9 Å². The number of hydrogen-bond acceptors (Lipinski definition) is 3. The molecule has 1 aromatic heterocycles. The van der Waals surface area contributed by atoms with E-state index in [0.29, 0.717) is 5.92 Å². The standard InChI is InChI=1S/C12H16BrNO2S/c1-8(15)9-2-4-14(5-3-9)12(16)10-6-11(13)17-7-10/h6-9,15H,2-5H2,1H3. The molecular formula is C12H16BrNO2S. The molecule has 1 unspecified atom stereocenters. The van der Waals surface area contributed by atoms with Crippen LogP contribution in [0.25, 0.3) is 0 Å². The van der Waals surface area contributed by atoms with Gasteiger partial charge >= 0.3 is 0 Å². The summed E-state index contributed by atoms with van der Waals surface area (Å²) in [6.45, 7) is 3.34. The van der Waals surface area contributed by atoms with Gasteiger partial charge in [-0.05, 0) is 47.7 Å². The van der Waals surface area contributed by atoms with Crippen LogP contribution in [0.1, 0.15) is 30.1 Å². The number of likely N-dealkylation sites (tertiary alicyclic amines) is 1. The topological polar surface area (TPSA) is 40.5 Å². The first-order valence-electron chi connectivity index (χ1n) is 5.79. The van der Waals surface area contributed by atoms with Gasteiger partial charge in [0.2, 0.25) is 0 Å². The Balaban J connectivity index is 1.95. The van der Waals surface area contributed by atoms with Gasteiger partial charge in [0.05, 0.1) is 15.5 Å². The number of nitrogens with zero attached hydrogens (tertiary/aromatic N) is 1. The number of aliphatic hydroxyl groups excluding tert-OH is 1. The van der Waals surface area contributed by atoms with Gasteiger partial charge in [-0.15, -0.1) is 11.3 Å². The van der Waals surface area contributed by atoms with Crippen LogP contribution >= 0.6 is 27.3 Å².